The third kappa shape index (κ3) is 7.32. The number of Topliss-reactive ketones (excluding diaryl/α,β-unsaturated/α-hetero) is 1. The van der Waals surface area contributed by atoms with Crippen LogP contribution in [0, 0.1) is 24.2 Å². The van der Waals surface area contributed by atoms with Crippen LogP contribution in [0.1, 0.15) is 104 Å². The minimum Gasteiger partial charge on any atom is -0.457 e. The number of aliphatic hydroxyl groups excluding tert-OH is 2. The van der Waals surface area contributed by atoms with Crippen LogP contribution in [-0.4, -0.2) is 39.2 Å². The van der Waals surface area contributed by atoms with Crippen molar-refractivity contribution >= 4 is 22.9 Å². The van der Waals surface area contributed by atoms with Crippen molar-refractivity contribution < 1.29 is 29.0 Å². The van der Waals surface area contributed by atoms with E-state index < -0.39 is 35.6 Å². The fourth-order valence-corrected chi connectivity index (χ4v) is 5.34. The second-order valence-electron chi connectivity index (χ2n) is 11.6. The molecule has 0 spiro atoms. The molecule has 2 heterocycles. The van der Waals surface area contributed by atoms with E-state index in [0.29, 0.717) is 29.8 Å². The smallest absolute Gasteiger partial charge is 0.309 e. The standard InChI is InChI=1S/C31H45NO6/c1-7-8-12-23-29(35)20(3)11-9-10-19(2)13-15-25(22-14-16-26-24(17-22)32-21(4)37-26)38-28(34)18-27(33)31(5,6)30(23)36/h13-14,16-17,20,23,25,27,29,33,35H,7-12,15,18H2,1-6H3/t20-,23+,25-,27-,29-/m0/s1. The summed E-state index contributed by atoms with van der Waals surface area (Å²) in [6, 6.07) is 5.57. The molecule has 1 aromatic heterocycles. The zero-order chi connectivity index (χ0) is 28.0. The van der Waals surface area contributed by atoms with E-state index >= 15 is 0 Å². The third-order valence-electron chi connectivity index (χ3n) is 8.10. The number of aliphatic hydroxyl groups is 2. The van der Waals surface area contributed by atoms with Crippen molar-refractivity contribution in [2.24, 2.45) is 17.3 Å². The van der Waals surface area contributed by atoms with Crippen LogP contribution in [0.25, 0.3) is 11.1 Å². The SMILES string of the molecule is CCCC[C@H]1C(=O)C(C)(C)[C@@H](O)CC(=O)O[C@H](c2ccc3oc(C)nc3c2)CC=C(C)CCC[C@H](C)[C@@H]1O. The number of fused-ring (bicyclic) bond motifs is 1. The highest BCUT2D eigenvalue weighted by atomic mass is 16.5. The predicted molar refractivity (Wildman–Crippen MR) is 147 cm³/mol. The van der Waals surface area contributed by atoms with E-state index in [1.807, 2.05) is 25.1 Å². The van der Waals surface area contributed by atoms with Crippen LogP contribution in [0.4, 0.5) is 0 Å². The van der Waals surface area contributed by atoms with Gasteiger partial charge in [-0.1, -0.05) is 58.3 Å². The van der Waals surface area contributed by atoms with Gasteiger partial charge in [-0.25, -0.2) is 4.98 Å². The van der Waals surface area contributed by atoms with Crippen molar-refractivity contribution in [3.8, 4) is 0 Å². The number of ketones is 1. The fourth-order valence-electron chi connectivity index (χ4n) is 5.34. The third-order valence-corrected chi connectivity index (χ3v) is 8.10. The molecule has 0 aliphatic carbocycles. The zero-order valence-corrected chi connectivity index (χ0v) is 23.8. The molecule has 0 unspecified atom stereocenters. The molecule has 1 aliphatic heterocycles. The summed E-state index contributed by atoms with van der Waals surface area (Å²) in [5.74, 6) is -0.839. The Bertz CT molecular complexity index is 1130. The Morgan fingerprint density at radius 3 is 2.61 bits per heavy atom. The molecule has 0 amide bonds. The summed E-state index contributed by atoms with van der Waals surface area (Å²) in [5.41, 5.74) is 2.13. The van der Waals surface area contributed by atoms with Gasteiger partial charge in [-0.15, -0.1) is 0 Å². The largest absolute Gasteiger partial charge is 0.457 e. The Balaban J connectivity index is 1.92. The Labute approximate surface area is 226 Å². The maximum atomic E-state index is 13.7. The van der Waals surface area contributed by atoms with E-state index in [9.17, 15) is 19.8 Å². The van der Waals surface area contributed by atoms with Crippen molar-refractivity contribution in [3.05, 3.63) is 41.3 Å². The monoisotopic (exact) mass is 527 g/mol. The second kappa shape index (κ2) is 13.0. The van der Waals surface area contributed by atoms with Gasteiger partial charge in [-0.3, -0.25) is 9.59 Å². The highest BCUT2D eigenvalue weighted by Gasteiger charge is 2.43. The quantitative estimate of drug-likeness (QED) is 0.350. The molecular formula is C31H45NO6. The predicted octanol–water partition coefficient (Wildman–Crippen LogP) is 6.39. The number of ether oxygens (including phenoxy) is 1. The molecule has 3 rings (SSSR count). The highest BCUT2D eigenvalue weighted by Crippen LogP contribution is 2.35. The number of esters is 1. The van der Waals surface area contributed by atoms with Crippen LogP contribution in [0.2, 0.25) is 0 Å². The van der Waals surface area contributed by atoms with Crippen molar-refractivity contribution in [3.63, 3.8) is 0 Å². The van der Waals surface area contributed by atoms with Gasteiger partial charge in [0.15, 0.2) is 11.5 Å². The molecule has 38 heavy (non-hydrogen) atoms. The highest BCUT2D eigenvalue weighted by molar-refractivity contribution is 5.88. The topological polar surface area (TPSA) is 110 Å². The van der Waals surface area contributed by atoms with Gasteiger partial charge < -0.3 is 19.4 Å². The number of cyclic esters (lactones) is 1. The van der Waals surface area contributed by atoms with Gasteiger partial charge in [-0.2, -0.15) is 0 Å². The summed E-state index contributed by atoms with van der Waals surface area (Å²) in [4.78, 5) is 31.2. The van der Waals surface area contributed by atoms with Gasteiger partial charge in [-0.05, 0) is 56.2 Å². The molecule has 0 fully saturated rings. The lowest BCUT2D eigenvalue weighted by atomic mass is 9.71. The molecule has 0 bridgehead atoms. The molecule has 210 valence electrons. The summed E-state index contributed by atoms with van der Waals surface area (Å²) in [5, 5.41) is 22.3. The number of rotatable bonds is 4. The van der Waals surface area contributed by atoms with E-state index in [4.69, 9.17) is 9.15 Å². The Kier molecular flexibility index (Phi) is 10.3. The molecule has 2 N–H and O–H groups in total. The number of unbranched alkanes of at least 4 members (excludes halogenated alkanes) is 1. The second-order valence-corrected chi connectivity index (χ2v) is 11.6. The Morgan fingerprint density at radius 1 is 1.16 bits per heavy atom. The number of carbonyl (C=O) groups excluding carboxylic acids is 2. The molecular weight excluding hydrogens is 482 g/mol. The summed E-state index contributed by atoms with van der Waals surface area (Å²) >= 11 is 0. The molecule has 0 saturated heterocycles. The first-order chi connectivity index (χ1) is 17.9. The van der Waals surface area contributed by atoms with Crippen molar-refractivity contribution in [2.75, 3.05) is 0 Å². The normalized spacial score (nSPS) is 28.2. The van der Waals surface area contributed by atoms with Crippen LogP contribution in [0.5, 0.6) is 0 Å². The van der Waals surface area contributed by atoms with Gasteiger partial charge in [0.05, 0.1) is 24.0 Å². The molecule has 2 aromatic rings. The minimum atomic E-state index is -1.24. The first-order valence-electron chi connectivity index (χ1n) is 14.1. The van der Waals surface area contributed by atoms with Gasteiger partial charge in [0.1, 0.15) is 17.4 Å². The van der Waals surface area contributed by atoms with Crippen LogP contribution >= 0.6 is 0 Å². The van der Waals surface area contributed by atoms with E-state index in [1.165, 1.54) is 5.57 Å². The van der Waals surface area contributed by atoms with Crippen LogP contribution in [-0.2, 0) is 14.3 Å². The van der Waals surface area contributed by atoms with Gasteiger partial charge >= 0.3 is 5.97 Å². The lowest BCUT2D eigenvalue weighted by molar-refractivity contribution is -0.156. The van der Waals surface area contributed by atoms with Crippen molar-refractivity contribution in [1.82, 2.24) is 4.98 Å². The summed E-state index contributed by atoms with van der Waals surface area (Å²) in [6.07, 6.45) is 4.51. The van der Waals surface area contributed by atoms with E-state index in [-0.39, 0.29) is 18.1 Å². The van der Waals surface area contributed by atoms with E-state index in [2.05, 4.69) is 24.9 Å². The maximum absolute atomic E-state index is 13.7. The molecule has 0 radical (unpaired) electrons. The molecule has 5 atom stereocenters. The number of allylic oxidation sites excluding steroid dienone is 1. The molecule has 1 aliphatic rings. The zero-order valence-electron chi connectivity index (χ0n) is 23.8. The van der Waals surface area contributed by atoms with Crippen LogP contribution < -0.4 is 0 Å². The number of carbonyl (C=O) groups is 2. The van der Waals surface area contributed by atoms with Gasteiger partial charge in [0, 0.05) is 19.3 Å². The molecule has 7 nitrogen and oxygen atoms in total. The minimum absolute atomic E-state index is 0.0511. The maximum Gasteiger partial charge on any atom is 0.309 e. The Morgan fingerprint density at radius 2 is 1.89 bits per heavy atom. The van der Waals surface area contributed by atoms with Crippen LogP contribution in [0.3, 0.4) is 0 Å². The summed E-state index contributed by atoms with van der Waals surface area (Å²) < 4.78 is 11.5. The Hall–Kier alpha value is -2.51. The van der Waals surface area contributed by atoms with E-state index in [1.54, 1.807) is 20.8 Å². The number of aryl methyl sites for hydroxylation is 1. The average molecular weight is 528 g/mol. The number of oxazole rings is 1. The lowest BCUT2D eigenvalue weighted by Crippen LogP contribution is -2.46. The first kappa shape index (κ1) is 30.0. The fraction of sp³-hybridized carbons (Fsp3) is 0.645. The first-order valence-corrected chi connectivity index (χ1v) is 14.1. The van der Waals surface area contributed by atoms with Gasteiger partial charge in [0.2, 0.25) is 0 Å². The van der Waals surface area contributed by atoms with Gasteiger partial charge in [0.25, 0.3) is 0 Å². The lowest BCUT2D eigenvalue weighted by Gasteiger charge is -2.36. The number of aromatic nitrogens is 1. The summed E-state index contributed by atoms with van der Waals surface area (Å²) in [7, 11) is 0. The average Bonchev–Trinajstić information content (AvgIpc) is 3.24. The number of nitrogens with zero attached hydrogens (tertiary/aromatic N) is 1. The van der Waals surface area contributed by atoms with Crippen molar-refractivity contribution in [1.29, 1.82) is 0 Å². The van der Waals surface area contributed by atoms with Crippen molar-refractivity contribution in [2.45, 2.75) is 111 Å². The van der Waals surface area contributed by atoms with Crippen LogP contribution in [0.15, 0.2) is 34.3 Å². The molecule has 7 heteroatoms. The van der Waals surface area contributed by atoms with E-state index in [0.717, 1.165) is 37.7 Å². The molecule has 1 aromatic carbocycles. The number of hydrogen-bond donors (Lipinski definition) is 2. The number of hydrogen-bond acceptors (Lipinski definition) is 7. The molecule has 0 saturated carbocycles. The number of benzene rings is 1. The summed E-state index contributed by atoms with van der Waals surface area (Å²) in [6.45, 7) is 11.2.